The Morgan fingerprint density at radius 1 is 1.12 bits per heavy atom. The topological polar surface area (TPSA) is 60.5 Å². The minimum Gasteiger partial charge on any atom is -0.493 e. The maximum absolute atomic E-state index is 12.5. The molecule has 1 amide bonds. The van der Waals surface area contributed by atoms with E-state index < -0.39 is 0 Å². The van der Waals surface area contributed by atoms with E-state index in [4.69, 9.17) is 9.47 Å². The maximum Gasteiger partial charge on any atom is 0.251 e. The zero-order chi connectivity index (χ0) is 17.6. The Kier molecular flexibility index (Phi) is 5.30. The van der Waals surface area contributed by atoms with Gasteiger partial charge in [0.05, 0.1) is 24.8 Å². The molecule has 0 aliphatic heterocycles. The third-order valence-electron chi connectivity index (χ3n) is 3.73. The molecule has 0 unspecified atom stereocenters. The molecule has 0 spiro atoms. The van der Waals surface area contributed by atoms with Gasteiger partial charge in [0.1, 0.15) is 0 Å². The first-order valence-corrected chi connectivity index (χ1v) is 8.59. The second-order valence-electron chi connectivity index (χ2n) is 5.24. The minimum atomic E-state index is -0.179. The molecule has 5 nitrogen and oxygen atoms in total. The standard InChI is InChI=1S/C19H18N2O3S/c1-23-15-8-7-13(11-16(15)24-2)19(22)21-12-14-5-3-9-20-18(14)17-6-4-10-25-17/h3-11H,12H2,1-2H3,(H,21,22). The van der Waals surface area contributed by atoms with Gasteiger partial charge in [-0.05, 0) is 41.3 Å². The van der Waals surface area contributed by atoms with Crippen LogP contribution in [-0.2, 0) is 6.54 Å². The first-order chi connectivity index (χ1) is 12.2. The van der Waals surface area contributed by atoms with Gasteiger partial charge >= 0.3 is 0 Å². The molecule has 0 radical (unpaired) electrons. The molecule has 0 bridgehead atoms. The molecule has 0 saturated heterocycles. The lowest BCUT2D eigenvalue weighted by Crippen LogP contribution is -2.23. The zero-order valence-electron chi connectivity index (χ0n) is 14.0. The SMILES string of the molecule is COc1ccc(C(=O)NCc2cccnc2-c2cccs2)cc1OC. The van der Waals surface area contributed by atoms with Gasteiger partial charge in [-0.2, -0.15) is 0 Å². The first-order valence-electron chi connectivity index (χ1n) is 7.71. The number of carbonyl (C=O) groups excluding carboxylic acids is 1. The van der Waals surface area contributed by atoms with Crippen LogP contribution in [0.4, 0.5) is 0 Å². The van der Waals surface area contributed by atoms with Gasteiger partial charge in [0.25, 0.3) is 5.91 Å². The summed E-state index contributed by atoms with van der Waals surface area (Å²) in [4.78, 5) is 18.0. The van der Waals surface area contributed by atoms with Crippen LogP contribution < -0.4 is 14.8 Å². The number of rotatable bonds is 6. The van der Waals surface area contributed by atoms with E-state index in [0.29, 0.717) is 23.6 Å². The lowest BCUT2D eigenvalue weighted by molar-refractivity contribution is 0.0950. The number of nitrogens with zero attached hydrogens (tertiary/aromatic N) is 1. The monoisotopic (exact) mass is 354 g/mol. The number of methoxy groups -OCH3 is 2. The van der Waals surface area contributed by atoms with Crippen LogP contribution in [0.3, 0.4) is 0 Å². The van der Waals surface area contributed by atoms with Gasteiger partial charge in [0, 0.05) is 18.3 Å². The summed E-state index contributed by atoms with van der Waals surface area (Å²) < 4.78 is 10.4. The molecule has 0 fully saturated rings. The summed E-state index contributed by atoms with van der Waals surface area (Å²) >= 11 is 1.62. The average molecular weight is 354 g/mol. The number of hydrogen-bond acceptors (Lipinski definition) is 5. The van der Waals surface area contributed by atoms with Crippen molar-refractivity contribution in [3.05, 3.63) is 65.2 Å². The summed E-state index contributed by atoms with van der Waals surface area (Å²) in [5, 5.41) is 4.95. The largest absolute Gasteiger partial charge is 0.493 e. The third kappa shape index (κ3) is 3.80. The fourth-order valence-electron chi connectivity index (χ4n) is 2.47. The molecular formula is C19H18N2O3S. The normalized spacial score (nSPS) is 10.3. The van der Waals surface area contributed by atoms with Gasteiger partial charge in [-0.15, -0.1) is 11.3 Å². The van der Waals surface area contributed by atoms with E-state index in [1.54, 1.807) is 50.0 Å². The van der Waals surface area contributed by atoms with Crippen LogP contribution in [0.5, 0.6) is 11.5 Å². The summed E-state index contributed by atoms with van der Waals surface area (Å²) in [5.41, 5.74) is 2.38. The predicted molar refractivity (Wildman–Crippen MR) is 98.3 cm³/mol. The molecule has 128 valence electrons. The van der Waals surface area contributed by atoms with Crippen molar-refractivity contribution in [3.8, 4) is 22.1 Å². The zero-order valence-corrected chi connectivity index (χ0v) is 14.8. The quantitative estimate of drug-likeness (QED) is 0.732. The van der Waals surface area contributed by atoms with Crippen LogP contribution in [-0.4, -0.2) is 25.1 Å². The number of nitrogens with one attached hydrogen (secondary N) is 1. The van der Waals surface area contributed by atoms with Crippen LogP contribution in [0.15, 0.2) is 54.0 Å². The second-order valence-corrected chi connectivity index (χ2v) is 6.19. The van der Waals surface area contributed by atoms with Gasteiger partial charge in [-0.3, -0.25) is 9.78 Å². The second kappa shape index (κ2) is 7.81. The Morgan fingerprint density at radius 2 is 1.96 bits per heavy atom. The smallest absolute Gasteiger partial charge is 0.251 e. The summed E-state index contributed by atoms with van der Waals surface area (Å²) in [6.45, 7) is 0.397. The van der Waals surface area contributed by atoms with Crippen LogP contribution in [0, 0.1) is 0 Å². The molecule has 25 heavy (non-hydrogen) atoms. The van der Waals surface area contributed by atoms with Crippen LogP contribution in [0.1, 0.15) is 15.9 Å². The van der Waals surface area contributed by atoms with E-state index in [2.05, 4.69) is 10.3 Å². The summed E-state index contributed by atoms with van der Waals surface area (Å²) in [7, 11) is 3.11. The van der Waals surface area contributed by atoms with Gasteiger partial charge in [0.15, 0.2) is 11.5 Å². The van der Waals surface area contributed by atoms with E-state index in [9.17, 15) is 4.79 Å². The van der Waals surface area contributed by atoms with E-state index in [-0.39, 0.29) is 5.91 Å². The fraction of sp³-hybridized carbons (Fsp3) is 0.158. The van der Waals surface area contributed by atoms with Gasteiger partial charge in [-0.1, -0.05) is 12.1 Å². The molecule has 1 N–H and O–H groups in total. The van der Waals surface area contributed by atoms with Crippen molar-refractivity contribution in [3.63, 3.8) is 0 Å². The number of benzene rings is 1. The molecule has 0 atom stereocenters. The summed E-state index contributed by atoms with van der Waals surface area (Å²) in [5.74, 6) is 0.934. The molecule has 3 aromatic rings. The lowest BCUT2D eigenvalue weighted by atomic mass is 10.1. The number of amides is 1. The molecular weight excluding hydrogens is 336 g/mol. The fourth-order valence-corrected chi connectivity index (χ4v) is 3.23. The predicted octanol–water partition coefficient (Wildman–Crippen LogP) is 3.76. The van der Waals surface area contributed by atoms with Crippen LogP contribution in [0.25, 0.3) is 10.6 Å². The third-order valence-corrected chi connectivity index (χ3v) is 4.61. The van der Waals surface area contributed by atoms with E-state index in [1.165, 1.54) is 0 Å². The Balaban J connectivity index is 1.75. The van der Waals surface area contributed by atoms with E-state index in [1.807, 2.05) is 29.6 Å². The first kappa shape index (κ1) is 17.0. The van der Waals surface area contributed by atoms with Crippen LogP contribution in [0.2, 0.25) is 0 Å². The van der Waals surface area contributed by atoms with E-state index >= 15 is 0 Å². The average Bonchev–Trinajstić information content (AvgIpc) is 3.20. The number of pyridine rings is 1. The molecule has 0 aliphatic carbocycles. The molecule has 0 saturated carbocycles. The highest BCUT2D eigenvalue weighted by atomic mass is 32.1. The number of hydrogen-bond donors (Lipinski definition) is 1. The molecule has 6 heteroatoms. The highest BCUT2D eigenvalue weighted by Crippen LogP contribution is 2.28. The number of aromatic nitrogens is 1. The molecule has 2 aromatic heterocycles. The highest BCUT2D eigenvalue weighted by molar-refractivity contribution is 7.13. The van der Waals surface area contributed by atoms with Gasteiger partial charge in [-0.25, -0.2) is 0 Å². The van der Waals surface area contributed by atoms with Crippen molar-refractivity contribution in [1.29, 1.82) is 0 Å². The Morgan fingerprint density at radius 3 is 2.68 bits per heavy atom. The van der Waals surface area contributed by atoms with Crippen molar-refractivity contribution in [1.82, 2.24) is 10.3 Å². The maximum atomic E-state index is 12.5. The number of ether oxygens (including phenoxy) is 2. The van der Waals surface area contributed by atoms with Gasteiger partial charge < -0.3 is 14.8 Å². The highest BCUT2D eigenvalue weighted by Gasteiger charge is 2.12. The van der Waals surface area contributed by atoms with E-state index in [0.717, 1.165) is 16.1 Å². The number of carbonyl (C=O) groups is 1. The van der Waals surface area contributed by atoms with Crippen LogP contribution >= 0.6 is 11.3 Å². The Hall–Kier alpha value is -2.86. The molecule has 0 aliphatic rings. The van der Waals surface area contributed by atoms with Crippen molar-refractivity contribution in [2.24, 2.45) is 0 Å². The minimum absolute atomic E-state index is 0.179. The van der Waals surface area contributed by atoms with Crippen molar-refractivity contribution in [2.45, 2.75) is 6.54 Å². The molecule has 3 rings (SSSR count). The van der Waals surface area contributed by atoms with Crippen molar-refractivity contribution < 1.29 is 14.3 Å². The Labute approximate surface area is 150 Å². The lowest BCUT2D eigenvalue weighted by Gasteiger charge is -2.11. The summed E-state index contributed by atoms with van der Waals surface area (Å²) in [6, 6.07) is 12.9. The number of thiophene rings is 1. The Bertz CT molecular complexity index is 863. The van der Waals surface area contributed by atoms with Crippen molar-refractivity contribution >= 4 is 17.2 Å². The molecule has 2 heterocycles. The molecule has 1 aromatic carbocycles. The van der Waals surface area contributed by atoms with Crippen molar-refractivity contribution in [2.75, 3.05) is 14.2 Å². The van der Waals surface area contributed by atoms with Gasteiger partial charge in [0.2, 0.25) is 0 Å². The summed E-state index contributed by atoms with van der Waals surface area (Å²) in [6.07, 6.45) is 1.76.